The van der Waals surface area contributed by atoms with Gasteiger partial charge in [0.25, 0.3) is 5.91 Å². The molecule has 2 aromatic rings. The molecule has 0 unspecified atom stereocenters. The molecule has 5 heteroatoms. The Labute approximate surface area is 160 Å². The van der Waals surface area contributed by atoms with E-state index in [0.29, 0.717) is 5.75 Å². The first kappa shape index (κ1) is 20.5. The third-order valence-electron chi connectivity index (χ3n) is 4.32. The number of rotatable bonds is 7. The first-order valence-electron chi connectivity index (χ1n) is 8.98. The summed E-state index contributed by atoms with van der Waals surface area (Å²) in [5.74, 6) is -0.319. The Balaban J connectivity index is 1.77. The molecule has 1 amide bonds. The Morgan fingerprint density at radius 2 is 1.59 bits per heavy atom. The molecule has 0 heterocycles. The van der Waals surface area contributed by atoms with Gasteiger partial charge in [-0.2, -0.15) is 0 Å². The maximum absolute atomic E-state index is 12.0. The van der Waals surface area contributed by atoms with Gasteiger partial charge in [-0.15, -0.1) is 0 Å². The van der Waals surface area contributed by atoms with Crippen molar-refractivity contribution < 1.29 is 19.1 Å². The normalized spacial score (nSPS) is 11.6. The molecule has 0 aliphatic carbocycles. The van der Waals surface area contributed by atoms with Gasteiger partial charge >= 0.3 is 5.97 Å². The Morgan fingerprint density at radius 3 is 2.22 bits per heavy atom. The Hall–Kier alpha value is -2.82. The number of hydrogen-bond acceptors (Lipinski definition) is 4. The van der Waals surface area contributed by atoms with Crippen molar-refractivity contribution in [3.8, 4) is 5.75 Å². The number of ether oxygens (including phenoxy) is 2. The summed E-state index contributed by atoms with van der Waals surface area (Å²) in [5, 5.41) is 2.83. The Kier molecular flexibility index (Phi) is 6.99. The molecule has 1 atom stereocenters. The fourth-order valence-corrected chi connectivity index (χ4v) is 2.75. The summed E-state index contributed by atoms with van der Waals surface area (Å²) in [5.41, 5.74) is 5.49. The van der Waals surface area contributed by atoms with Crippen molar-refractivity contribution in [2.24, 2.45) is 0 Å². The van der Waals surface area contributed by atoms with E-state index >= 15 is 0 Å². The maximum Gasteiger partial charge on any atom is 0.344 e. The molecule has 2 aromatic carbocycles. The summed E-state index contributed by atoms with van der Waals surface area (Å²) < 4.78 is 10.4. The van der Waals surface area contributed by atoms with Crippen molar-refractivity contribution in [1.82, 2.24) is 5.32 Å². The molecule has 27 heavy (non-hydrogen) atoms. The molecule has 0 aliphatic rings. The predicted octanol–water partition coefficient (Wildman–Crippen LogP) is 3.72. The zero-order valence-corrected chi connectivity index (χ0v) is 16.6. The minimum atomic E-state index is -0.580. The average molecular weight is 369 g/mol. The highest BCUT2D eigenvalue weighted by atomic mass is 16.6. The number of amides is 1. The van der Waals surface area contributed by atoms with E-state index in [0.717, 1.165) is 16.7 Å². The zero-order valence-electron chi connectivity index (χ0n) is 16.6. The van der Waals surface area contributed by atoms with Crippen LogP contribution in [0, 0.1) is 27.7 Å². The summed E-state index contributed by atoms with van der Waals surface area (Å²) in [6.07, 6.45) is 0. The molecule has 1 N–H and O–H groups in total. The van der Waals surface area contributed by atoms with Crippen LogP contribution >= 0.6 is 0 Å². The molecule has 0 aliphatic heterocycles. The van der Waals surface area contributed by atoms with Crippen molar-refractivity contribution >= 4 is 11.9 Å². The van der Waals surface area contributed by atoms with Gasteiger partial charge in [0.05, 0.1) is 6.04 Å². The van der Waals surface area contributed by atoms with Crippen molar-refractivity contribution in [3.63, 3.8) is 0 Å². The average Bonchev–Trinajstić information content (AvgIpc) is 2.59. The molecule has 5 nitrogen and oxygen atoms in total. The highest BCUT2D eigenvalue weighted by molar-refractivity contribution is 5.81. The number of benzene rings is 2. The van der Waals surface area contributed by atoms with Crippen LogP contribution in [-0.4, -0.2) is 25.1 Å². The first-order valence-corrected chi connectivity index (χ1v) is 8.98. The second-order valence-corrected chi connectivity index (χ2v) is 6.91. The van der Waals surface area contributed by atoms with E-state index in [1.54, 1.807) is 0 Å². The van der Waals surface area contributed by atoms with Crippen LogP contribution in [0.15, 0.2) is 36.4 Å². The lowest BCUT2D eigenvalue weighted by Crippen LogP contribution is -2.32. The minimum Gasteiger partial charge on any atom is -0.482 e. The molecular formula is C22H27NO4. The molecule has 0 radical (unpaired) electrons. The molecule has 0 saturated carbocycles. The van der Waals surface area contributed by atoms with Gasteiger partial charge < -0.3 is 14.8 Å². The fraction of sp³-hybridized carbons (Fsp3) is 0.364. The van der Waals surface area contributed by atoms with E-state index in [2.05, 4.69) is 5.32 Å². The van der Waals surface area contributed by atoms with Crippen LogP contribution in [0.1, 0.15) is 40.8 Å². The quantitative estimate of drug-likeness (QED) is 0.756. The molecule has 0 saturated heterocycles. The van der Waals surface area contributed by atoms with Crippen LogP contribution < -0.4 is 10.1 Å². The van der Waals surface area contributed by atoms with Gasteiger partial charge in [-0.1, -0.05) is 24.3 Å². The van der Waals surface area contributed by atoms with E-state index in [-0.39, 0.29) is 25.2 Å². The number of esters is 1. The molecule has 0 aromatic heterocycles. The van der Waals surface area contributed by atoms with Crippen LogP contribution in [-0.2, 0) is 14.3 Å². The molecule has 0 bridgehead atoms. The van der Waals surface area contributed by atoms with Crippen LogP contribution in [0.5, 0.6) is 5.75 Å². The largest absolute Gasteiger partial charge is 0.482 e. The number of carbonyl (C=O) groups is 2. The van der Waals surface area contributed by atoms with E-state index in [1.807, 2.05) is 71.0 Å². The maximum atomic E-state index is 12.0. The van der Waals surface area contributed by atoms with Gasteiger partial charge in [0.2, 0.25) is 0 Å². The van der Waals surface area contributed by atoms with Crippen molar-refractivity contribution in [3.05, 3.63) is 64.2 Å². The second-order valence-electron chi connectivity index (χ2n) is 6.91. The summed E-state index contributed by atoms with van der Waals surface area (Å²) in [6.45, 7) is 9.32. The molecular weight excluding hydrogens is 342 g/mol. The Morgan fingerprint density at radius 1 is 0.926 bits per heavy atom. The van der Waals surface area contributed by atoms with Gasteiger partial charge in [0, 0.05) is 0 Å². The van der Waals surface area contributed by atoms with Gasteiger partial charge in [0.15, 0.2) is 13.2 Å². The standard InChI is InChI=1S/C22H27NO4/c1-14-8-15(2)10-20(9-14)26-13-22(25)27-12-21(24)23-18(5)19-7-6-16(3)17(4)11-19/h6-11,18H,12-13H2,1-5H3,(H,23,24)/t18-/m1/s1. The highest BCUT2D eigenvalue weighted by Crippen LogP contribution is 2.17. The fourth-order valence-electron chi connectivity index (χ4n) is 2.75. The lowest BCUT2D eigenvalue weighted by Gasteiger charge is -2.16. The van der Waals surface area contributed by atoms with E-state index in [9.17, 15) is 9.59 Å². The van der Waals surface area contributed by atoms with Crippen LogP contribution in [0.2, 0.25) is 0 Å². The minimum absolute atomic E-state index is 0.165. The van der Waals surface area contributed by atoms with Crippen molar-refractivity contribution in [2.45, 2.75) is 40.7 Å². The zero-order chi connectivity index (χ0) is 20.0. The summed E-state index contributed by atoms with van der Waals surface area (Å²) >= 11 is 0. The smallest absolute Gasteiger partial charge is 0.344 e. The van der Waals surface area contributed by atoms with E-state index in [4.69, 9.17) is 9.47 Å². The molecule has 2 rings (SSSR count). The van der Waals surface area contributed by atoms with Crippen LogP contribution in [0.3, 0.4) is 0 Å². The molecule has 144 valence electrons. The third-order valence-corrected chi connectivity index (χ3v) is 4.32. The summed E-state index contributed by atoms with van der Waals surface area (Å²) in [6, 6.07) is 11.6. The summed E-state index contributed by atoms with van der Waals surface area (Å²) in [7, 11) is 0. The molecule has 0 fully saturated rings. The van der Waals surface area contributed by atoms with Crippen LogP contribution in [0.25, 0.3) is 0 Å². The van der Waals surface area contributed by atoms with E-state index in [1.165, 1.54) is 11.1 Å². The van der Waals surface area contributed by atoms with Gasteiger partial charge in [-0.05, 0) is 74.6 Å². The number of carbonyl (C=O) groups excluding carboxylic acids is 2. The van der Waals surface area contributed by atoms with Gasteiger partial charge in [-0.3, -0.25) is 4.79 Å². The first-order chi connectivity index (χ1) is 12.7. The van der Waals surface area contributed by atoms with Gasteiger partial charge in [0.1, 0.15) is 5.75 Å². The van der Waals surface area contributed by atoms with Crippen LogP contribution in [0.4, 0.5) is 0 Å². The van der Waals surface area contributed by atoms with Gasteiger partial charge in [-0.25, -0.2) is 4.79 Å². The monoisotopic (exact) mass is 369 g/mol. The van der Waals surface area contributed by atoms with Crippen molar-refractivity contribution in [2.75, 3.05) is 13.2 Å². The number of hydrogen-bond donors (Lipinski definition) is 1. The second kappa shape index (κ2) is 9.21. The SMILES string of the molecule is Cc1cc(C)cc(OCC(=O)OCC(=O)N[C@H](C)c2ccc(C)c(C)c2)c1. The molecule has 0 spiro atoms. The lowest BCUT2D eigenvalue weighted by atomic mass is 10.0. The van der Waals surface area contributed by atoms with Crippen molar-refractivity contribution in [1.29, 1.82) is 0 Å². The third kappa shape index (κ3) is 6.44. The lowest BCUT2D eigenvalue weighted by molar-refractivity contribution is -0.150. The van der Waals surface area contributed by atoms with E-state index < -0.39 is 5.97 Å². The highest BCUT2D eigenvalue weighted by Gasteiger charge is 2.13. The number of nitrogens with one attached hydrogen (secondary N) is 1. The predicted molar refractivity (Wildman–Crippen MR) is 105 cm³/mol. The topological polar surface area (TPSA) is 64.6 Å². The Bertz CT molecular complexity index is 809. The number of aryl methyl sites for hydroxylation is 4. The summed E-state index contributed by atoms with van der Waals surface area (Å²) in [4.78, 5) is 23.8.